The summed E-state index contributed by atoms with van der Waals surface area (Å²) in [6.45, 7) is 2.08. The van der Waals surface area contributed by atoms with Gasteiger partial charge in [0.05, 0.1) is 0 Å². The summed E-state index contributed by atoms with van der Waals surface area (Å²) in [6, 6.07) is 14.1. The van der Waals surface area contributed by atoms with Crippen molar-refractivity contribution in [3.63, 3.8) is 0 Å². The van der Waals surface area contributed by atoms with Crippen LogP contribution in [0.3, 0.4) is 0 Å². The molecule has 1 nitrogen and oxygen atoms in total. The number of benzene rings is 2. The number of rotatable bonds is 4. The highest BCUT2D eigenvalue weighted by Gasteiger charge is 2.08. The van der Waals surface area contributed by atoms with Crippen LogP contribution in [-0.2, 0) is 12.8 Å². The minimum absolute atomic E-state index is 0.0568. The molecule has 2 aromatic carbocycles. The van der Waals surface area contributed by atoms with Crippen molar-refractivity contribution in [3.05, 3.63) is 69.2 Å². The number of halogens is 2. The monoisotopic (exact) mass is 293 g/mol. The van der Waals surface area contributed by atoms with Crippen molar-refractivity contribution in [1.29, 1.82) is 0 Å². The van der Waals surface area contributed by atoms with E-state index in [0.717, 1.165) is 18.4 Å². The van der Waals surface area contributed by atoms with Crippen molar-refractivity contribution in [1.82, 2.24) is 0 Å². The van der Waals surface area contributed by atoms with Gasteiger partial charge in [0.2, 0.25) is 0 Å². The van der Waals surface area contributed by atoms with E-state index in [1.165, 1.54) is 11.1 Å². The summed E-state index contributed by atoms with van der Waals surface area (Å²) in [5.74, 6) is 0. The Kier molecular flexibility index (Phi) is 4.87. The van der Waals surface area contributed by atoms with Crippen molar-refractivity contribution in [2.45, 2.75) is 25.8 Å². The third-order valence-corrected chi connectivity index (χ3v) is 3.70. The number of hydrogen-bond acceptors (Lipinski definition) is 1. The molecule has 0 aliphatic rings. The Morgan fingerprint density at radius 1 is 1.00 bits per heavy atom. The van der Waals surface area contributed by atoms with Gasteiger partial charge in [-0.1, -0.05) is 59.1 Å². The van der Waals surface area contributed by atoms with Crippen molar-refractivity contribution in [2.24, 2.45) is 5.73 Å². The van der Waals surface area contributed by atoms with Gasteiger partial charge in [-0.2, -0.15) is 0 Å². The lowest BCUT2D eigenvalue weighted by Crippen LogP contribution is -2.25. The number of aryl methyl sites for hydroxylation is 1. The van der Waals surface area contributed by atoms with E-state index < -0.39 is 0 Å². The first-order valence-electron chi connectivity index (χ1n) is 6.29. The summed E-state index contributed by atoms with van der Waals surface area (Å²) >= 11 is 12.0. The lowest BCUT2D eigenvalue weighted by molar-refractivity contribution is 0.665. The molecule has 1 atom stereocenters. The maximum Gasteiger partial charge on any atom is 0.0453 e. The lowest BCUT2D eigenvalue weighted by Gasteiger charge is -2.13. The summed E-state index contributed by atoms with van der Waals surface area (Å²) < 4.78 is 0. The molecular formula is C16H17Cl2N. The molecule has 100 valence electrons. The molecule has 1 unspecified atom stereocenters. The Morgan fingerprint density at radius 2 is 1.68 bits per heavy atom. The van der Waals surface area contributed by atoms with Crippen LogP contribution in [0.5, 0.6) is 0 Å². The van der Waals surface area contributed by atoms with Crippen LogP contribution in [0.25, 0.3) is 0 Å². The second kappa shape index (κ2) is 6.42. The molecule has 0 fully saturated rings. The smallest absolute Gasteiger partial charge is 0.0453 e. The fraction of sp³-hybridized carbons (Fsp3) is 0.250. The van der Waals surface area contributed by atoms with E-state index in [2.05, 4.69) is 31.2 Å². The number of hydrogen-bond donors (Lipinski definition) is 1. The summed E-state index contributed by atoms with van der Waals surface area (Å²) in [7, 11) is 0. The van der Waals surface area contributed by atoms with Crippen LogP contribution in [0.4, 0.5) is 0 Å². The molecule has 3 heteroatoms. The predicted molar refractivity (Wildman–Crippen MR) is 83.0 cm³/mol. The van der Waals surface area contributed by atoms with Gasteiger partial charge in [0.25, 0.3) is 0 Å². The second-order valence-electron chi connectivity index (χ2n) is 4.89. The Hall–Kier alpha value is -1.02. The Balaban J connectivity index is 2.01. The third-order valence-electron chi connectivity index (χ3n) is 3.12. The van der Waals surface area contributed by atoms with Crippen molar-refractivity contribution < 1.29 is 0 Å². The van der Waals surface area contributed by atoms with Crippen molar-refractivity contribution >= 4 is 23.2 Å². The molecule has 0 aromatic heterocycles. The summed E-state index contributed by atoms with van der Waals surface area (Å²) in [5.41, 5.74) is 9.75. The maximum absolute atomic E-state index is 6.19. The average molecular weight is 294 g/mol. The lowest BCUT2D eigenvalue weighted by atomic mass is 9.99. The van der Waals surface area contributed by atoms with E-state index in [1.807, 2.05) is 12.1 Å². The van der Waals surface area contributed by atoms with Gasteiger partial charge in [0, 0.05) is 16.1 Å². The molecule has 0 aliphatic heterocycles. The van der Waals surface area contributed by atoms with E-state index in [-0.39, 0.29) is 6.04 Å². The van der Waals surface area contributed by atoms with E-state index in [9.17, 15) is 0 Å². The molecular weight excluding hydrogens is 277 g/mol. The van der Waals surface area contributed by atoms with Crippen LogP contribution in [0.2, 0.25) is 10.0 Å². The fourth-order valence-electron chi connectivity index (χ4n) is 2.07. The SMILES string of the molecule is Cc1ccc(CC(N)Cc2ccc(Cl)cc2Cl)cc1. The largest absolute Gasteiger partial charge is 0.327 e. The minimum Gasteiger partial charge on any atom is -0.327 e. The topological polar surface area (TPSA) is 26.0 Å². The standard InChI is InChI=1S/C16H17Cl2N/c1-11-2-4-12(5-3-11)8-15(19)9-13-6-7-14(17)10-16(13)18/h2-7,10,15H,8-9,19H2,1H3. The summed E-state index contributed by atoms with van der Waals surface area (Å²) in [4.78, 5) is 0. The van der Waals surface area contributed by atoms with Crippen LogP contribution >= 0.6 is 23.2 Å². The number of nitrogens with two attached hydrogens (primary N) is 1. The summed E-state index contributed by atoms with van der Waals surface area (Å²) in [5, 5.41) is 1.34. The van der Waals surface area contributed by atoms with Gasteiger partial charge < -0.3 is 5.73 Å². The zero-order valence-electron chi connectivity index (χ0n) is 10.9. The molecule has 0 spiro atoms. The molecule has 2 N–H and O–H groups in total. The highest BCUT2D eigenvalue weighted by Crippen LogP contribution is 2.22. The van der Waals surface area contributed by atoms with Crippen molar-refractivity contribution in [2.75, 3.05) is 0 Å². The van der Waals surface area contributed by atoms with Crippen LogP contribution < -0.4 is 5.73 Å². The van der Waals surface area contributed by atoms with Gasteiger partial charge in [0.1, 0.15) is 0 Å². The molecule has 2 rings (SSSR count). The molecule has 0 radical (unpaired) electrons. The normalized spacial score (nSPS) is 12.4. The van der Waals surface area contributed by atoms with Gasteiger partial charge in [-0.05, 0) is 43.0 Å². The zero-order chi connectivity index (χ0) is 13.8. The van der Waals surface area contributed by atoms with Crippen LogP contribution in [-0.4, -0.2) is 6.04 Å². The van der Waals surface area contributed by atoms with Crippen LogP contribution in [0.1, 0.15) is 16.7 Å². The highest BCUT2D eigenvalue weighted by molar-refractivity contribution is 6.35. The quantitative estimate of drug-likeness (QED) is 0.887. The Labute approximate surface area is 124 Å². The first-order chi connectivity index (χ1) is 9.04. The van der Waals surface area contributed by atoms with Crippen molar-refractivity contribution in [3.8, 4) is 0 Å². The molecule has 19 heavy (non-hydrogen) atoms. The molecule has 0 heterocycles. The van der Waals surface area contributed by atoms with E-state index >= 15 is 0 Å². The molecule has 0 bridgehead atoms. The minimum atomic E-state index is 0.0568. The molecule has 0 aliphatic carbocycles. The zero-order valence-corrected chi connectivity index (χ0v) is 12.4. The third kappa shape index (κ3) is 4.24. The first kappa shape index (κ1) is 14.4. The molecule has 0 saturated carbocycles. The molecule has 0 saturated heterocycles. The highest BCUT2D eigenvalue weighted by atomic mass is 35.5. The van der Waals surface area contributed by atoms with Crippen LogP contribution in [0, 0.1) is 6.92 Å². The first-order valence-corrected chi connectivity index (χ1v) is 7.05. The average Bonchev–Trinajstić information content (AvgIpc) is 2.36. The fourth-order valence-corrected chi connectivity index (χ4v) is 2.55. The van der Waals surface area contributed by atoms with Gasteiger partial charge in [-0.3, -0.25) is 0 Å². The van der Waals surface area contributed by atoms with Gasteiger partial charge in [-0.25, -0.2) is 0 Å². The predicted octanol–water partition coefficient (Wildman–Crippen LogP) is 4.41. The van der Waals surface area contributed by atoms with E-state index in [1.54, 1.807) is 6.07 Å². The Bertz CT molecular complexity index is 549. The van der Waals surface area contributed by atoms with Crippen LogP contribution in [0.15, 0.2) is 42.5 Å². The van der Waals surface area contributed by atoms with E-state index in [4.69, 9.17) is 28.9 Å². The summed E-state index contributed by atoms with van der Waals surface area (Å²) in [6.07, 6.45) is 1.60. The van der Waals surface area contributed by atoms with Gasteiger partial charge in [-0.15, -0.1) is 0 Å². The molecule has 2 aromatic rings. The van der Waals surface area contributed by atoms with Gasteiger partial charge >= 0.3 is 0 Å². The maximum atomic E-state index is 6.19. The Morgan fingerprint density at radius 3 is 2.32 bits per heavy atom. The second-order valence-corrected chi connectivity index (χ2v) is 5.73. The molecule has 0 amide bonds. The van der Waals surface area contributed by atoms with Gasteiger partial charge in [0.15, 0.2) is 0 Å². The van der Waals surface area contributed by atoms with E-state index in [0.29, 0.717) is 10.0 Å².